The maximum atomic E-state index is 11.6. The third-order valence-electron chi connectivity index (χ3n) is 23.1. The fraction of sp³-hybridized carbons (Fsp3) is 0.389. The Bertz CT molecular complexity index is 6460. The van der Waals surface area contributed by atoms with Gasteiger partial charge in [0.25, 0.3) is 12.3 Å². The molecule has 5 saturated heterocycles. The predicted octanol–water partition coefficient (Wildman–Crippen LogP) is 8.25. The molecule has 3 aromatic carbocycles. The Kier molecular flexibility index (Phi) is 48.8. The van der Waals surface area contributed by atoms with Gasteiger partial charge in [-0.2, -0.15) is 30.9 Å². The third kappa shape index (κ3) is 36.2. The molecule has 6 fully saturated rings. The molecule has 0 atom stereocenters. The van der Waals surface area contributed by atoms with Crippen molar-refractivity contribution < 1.29 is 152 Å². The number of methoxy groups -OCH3 is 3. The molecule has 0 bridgehead atoms. The number of alkyl halides is 1. The number of nitriles is 2. The summed E-state index contributed by atoms with van der Waals surface area (Å²) in [7, 11) is 12.0. The maximum absolute atomic E-state index is 11.6. The van der Waals surface area contributed by atoms with Crippen molar-refractivity contribution in [3.8, 4) is 63.2 Å². The summed E-state index contributed by atoms with van der Waals surface area (Å²) in [5, 5.41) is 60.8. The van der Waals surface area contributed by atoms with E-state index in [4.69, 9.17) is 111 Å². The molecule has 9 aromatic heterocycles. The van der Waals surface area contributed by atoms with Gasteiger partial charge in [-0.25, -0.2) is 34.9 Å². The van der Waals surface area contributed by atoms with Crippen molar-refractivity contribution in [2.24, 2.45) is 39.8 Å². The van der Waals surface area contributed by atoms with Gasteiger partial charge in [0.15, 0.2) is 57.1 Å². The molecule has 48 heteroatoms. The van der Waals surface area contributed by atoms with E-state index in [2.05, 4.69) is 143 Å². The molecule has 7 N–H and O–H groups in total. The van der Waals surface area contributed by atoms with Gasteiger partial charge in [-0.1, -0.05) is 106 Å². The molecule has 18 rings (SSSR count). The summed E-state index contributed by atoms with van der Waals surface area (Å²) >= 11 is 25.8. The zero-order chi connectivity index (χ0) is 103. The SMILES string of the molecule is BrCC1CC1.COc1cc(C)ccc1CN.Cn1cc(-c2nc(Cl)cnc2C#N)cn1.Cn1cc(-c2nc(N3CCC4(CCC(=O)N4)CC3)cnc2C#N)cn1.Cn1cc(B2OC(C)(C)C(C)(C)O2)cn1.O=C1CCC2(CCNCC2)N1.O=CO[O-].[C-]#[N+]c1ncc(Cl)nc1Cl.[C-]#[N+]c1ncc(NCc2ccc(OC)cc2C)nc1-c1cnn(C)c1.[C-]#[N+]c1ncc(NCc2ccc(OC)cc2C)nc1Cl.[H-].[K+].[K+]. The van der Waals surface area contributed by atoms with E-state index in [9.17, 15) is 14.9 Å². The molecule has 1 aliphatic carbocycles. The number of nitrogens with one attached hydrogen (secondary N) is 5. The summed E-state index contributed by atoms with van der Waals surface area (Å²) < 4.78 is 34.0. The number of benzene rings is 3. The number of rotatable bonds is 17. The molecule has 2 spiro atoms. The fourth-order valence-electron chi connectivity index (χ4n) is 14.3. The maximum Gasteiger partial charge on any atom is 1.00 e. The van der Waals surface area contributed by atoms with E-state index in [1.165, 1.54) is 42.3 Å². The number of nitrogens with two attached hydrogens (primary N) is 1. The van der Waals surface area contributed by atoms with Gasteiger partial charge >= 0.3 is 122 Å². The van der Waals surface area contributed by atoms with Crippen molar-refractivity contribution in [1.29, 1.82) is 10.5 Å². The summed E-state index contributed by atoms with van der Waals surface area (Å²) in [5.74, 6) is 6.36. The first-order chi connectivity index (χ1) is 67.5. The van der Waals surface area contributed by atoms with Crippen LogP contribution in [0.5, 0.6) is 17.2 Å². The number of aromatic nitrogens is 18. The van der Waals surface area contributed by atoms with Crippen molar-refractivity contribution >= 4 is 128 Å². The van der Waals surface area contributed by atoms with Crippen LogP contribution in [-0.2, 0) is 76.4 Å². The second-order valence-corrected chi connectivity index (χ2v) is 35.9. The van der Waals surface area contributed by atoms with Crippen molar-refractivity contribution in [2.45, 2.75) is 155 Å². The van der Waals surface area contributed by atoms with E-state index in [0.29, 0.717) is 60.5 Å². The molecule has 6 aliphatic rings. The van der Waals surface area contributed by atoms with Crippen LogP contribution in [0, 0.1) is 69.1 Å². The van der Waals surface area contributed by atoms with E-state index < -0.39 is 0 Å². The molecular weight excluding hydrogens is 2030 g/mol. The Morgan fingerprint density at radius 2 is 1.02 bits per heavy atom. The molecular formula is C95H110BBrCl4K2N30O10. The van der Waals surface area contributed by atoms with Gasteiger partial charge < -0.3 is 86.8 Å². The number of carbonyl (C=O) groups is 3. The van der Waals surface area contributed by atoms with Crippen molar-refractivity contribution in [3.05, 3.63) is 235 Å². The number of carbonyl (C=O) groups excluding carboxylic acids is 3. The van der Waals surface area contributed by atoms with Crippen LogP contribution in [0.25, 0.3) is 48.3 Å². The van der Waals surface area contributed by atoms with Crippen molar-refractivity contribution in [3.63, 3.8) is 0 Å². The van der Waals surface area contributed by atoms with Crippen LogP contribution < -0.4 is 165 Å². The first kappa shape index (κ1) is 119. The van der Waals surface area contributed by atoms with Crippen LogP contribution in [-0.4, -0.2) is 189 Å². The number of hydrogen-bond acceptors (Lipinski definition) is 31. The van der Waals surface area contributed by atoms with Gasteiger partial charge in [0.2, 0.25) is 11.8 Å². The molecule has 12 aromatic rings. The zero-order valence-corrected chi connectivity index (χ0v) is 93.3. The number of nitrogens with zero attached hydrogens (tertiary/aromatic N) is 24. The molecule has 0 radical (unpaired) electrons. The van der Waals surface area contributed by atoms with E-state index in [1.54, 1.807) is 90.5 Å². The predicted molar refractivity (Wildman–Crippen MR) is 538 cm³/mol. The summed E-state index contributed by atoms with van der Waals surface area (Å²) in [5.41, 5.74) is 17.2. The van der Waals surface area contributed by atoms with Crippen LogP contribution in [0.15, 0.2) is 135 Å². The van der Waals surface area contributed by atoms with Crippen LogP contribution in [0.4, 0.5) is 34.9 Å². The minimum atomic E-state index is -0.302. The Balaban J connectivity index is 0.000000252. The number of ether oxygens (including phenoxy) is 3. The van der Waals surface area contributed by atoms with Gasteiger partial charge in [0.05, 0.1) is 63.5 Å². The van der Waals surface area contributed by atoms with E-state index >= 15 is 0 Å². The van der Waals surface area contributed by atoms with Crippen LogP contribution in [0.1, 0.15) is 138 Å². The van der Waals surface area contributed by atoms with Gasteiger partial charge in [-0.3, -0.25) is 33.1 Å². The summed E-state index contributed by atoms with van der Waals surface area (Å²) in [6.07, 6.45) is 31.7. The minimum Gasteiger partial charge on any atom is -1.00 e. The topological polar surface area (TPSA) is 480 Å². The number of hydrogen-bond donors (Lipinski definition) is 6. The molecule has 14 heterocycles. The minimum absolute atomic E-state index is 0. The fourth-order valence-corrected chi connectivity index (χ4v) is 15.7. The molecule has 740 valence electrons. The Labute approximate surface area is 946 Å². The van der Waals surface area contributed by atoms with Crippen LogP contribution in [0.2, 0.25) is 20.6 Å². The number of anilines is 3. The summed E-state index contributed by atoms with van der Waals surface area (Å²) in [4.78, 5) is 86.5. The molecule has 2 amide bonds. The first-order valence-corrected chi connectivity index (χ1v) is 46.8. The van der Waals surface area contributed by atoms with E-state index in [-0.39, 0.29) is 196 Å². The van der Waals surface area contributed by atoms with E-state index in [1.807, 2.05) is 149 Å². The van der Waals surface area contributed by atoms with Gasteiger partial charge in [0, 0.05) is 149 Å². The number of halogens is 5. The largest absolute Gasteiger partial charge is 1.00 e. The molecule has 40 nitrogen and oxygen atoms in total. The Morgan fingerprint density at radius 3 is 1.43 bits per heavy atom. The zero-order valence-electron chi connectivity index (χ0n) is 83.4. The quantitative estimate of drug-likeness (QED) is 0.0125. The normalized spacial score (nSPS) is 14.6. The average molecular weight is 2140 g/mol. The monoisotopic (exact) mass is 2140 g/mol. The average Bonchev–Trinajstić information content (AvgIpc) is 1.62. The van der Waals surface area contributed by atoms with Gasteiger partial charge in [0.1, 0.15) is 57.4 Å². The smallest absolute Gasteiger partial charge is 1.00 e. The molecule has 143 heavy (non-hydrogen) atoms. The standard InChI is InChI=1S/C18H18N6O.C17H19N7O.C14H13ClN4O.C10H17BN2O2.C9H6ClN5.C9H13NO.C8H14N2O.C5HCl2N3.C4H7Br.CH2O3.2K.H/c1-12-7-15(25-4)6-5-13(12)8-20-16-10-21-18(19-2)17(23-16)14-9-22-24(3)11-14;1-23-11-12(9-20-23)16-13(8-18)19-10-14(21-16)24-6-4-17(5-7-24)3-2-15(25)22-17;1-9-6-11(20-3)5-4-10(9)7-17-12-8-18-14(16-2)13(15)19-12;1-9(2)10(3,4)15-11(14-9)8-6-12-13(5)7-8;1-15-5-6(3-13-15)9-7(2-11)12-4-8(10)14-9;1-7-3-4-8(6-10)9(5-7)11-2;11-7-1-2-8(10-7)3-5-9-6-4-8;1-8-5-4(7)10-3(6)2-9-5;5-3-4-1-2-4;2-1-4-3;;;/h5-7,9-11H,8H2,1,3-4H3,(H,20,23);9-11H,2-7H2,1H3,(H,22,25);4-6,8H,7H2,1,3H3,(H,17,19);6-7H,1-5H3;3-5H,1H3;3-5H,6,10H2,1-2H3;9H,1-6H2,(H,10,11);2H;4H,1-3H2;1,3H;;;/q;;;;;;;;;;2*+1;-1/p-1. The number of aryl methyl sites for hydroxylation is 7. The summed E-state index contributed by atoms with van der Waals surface area (Å²) in [6, 6.07) is 21.9. The second-order valence-electron chi connectivity index (χ2n) is 33.7. The third-order valence-corrected chi connectivity index (χ3v) is 24.9. The number of piperidine rings is 2. The Morgan fingerprint density at radius 1 is 0.580 bits per heavy atom. The van der Waals surface area contributed by atoms with Gasteiger partial charge in [-0.15, -0.1) is 15.0 Å². The summed E-state index contributed by atoms with van der Waals surface area (Å²) in [6.45, 7) is 40.2. The molecule has 5 aliphatic heterocycles. The first-order valence-electron chi connectivity index (χ1n) is 44.2. The Hall–Kier alpha value is -10.7. The van der Waals surface area contributed by atoms with Crippen LogP contribution >= 0.6 is 62.3 Å². The molecule has 0 unspecified atom stereocenters. The van der Waals surface area contributed by atoms with Crippen molar-refractivity contribution in [1.82, 2.24) is 105 Å². The van der Waals surface area contributed by atoms with Crippen molar-refractivity contribution in [2.75, 3.05) is 68.4 Å². The van der Waals surface area contributed by atoms with Crippen LogP contribution in [0.3, 0.4) is 0 Å². The number of amides is 2. The van der Waals surface area contributed by atoms with E-state index in [0.717, 1.165) is 150 Å². The second kappa shape index (κ2) is 58.5. The molecule has 1 saturated carbocycles. The van der Waals surface area contributed by atoms with Gasteiger partial charge in [-0.05, 0) is 177 Å².